The number of rotatable bonds is 3. The van der Waals surface area contributed by atoms with Gasteiger partial charge in [0.1, 0.15) is 0 Å². The first-order valence-corrected chi connectivity index (χ1v) is 6.37. The van der Waals surface area contributed by atoms with Gasteiger partial charge >= 0.3 is 5.97 Å². The van der Waals surface area contributed by atoms with E-state index in [2.05, 4.69) is 11.4 Å². The molecule has 1 unspecified atom stereocenters. The first-order valence-electron chi connectivity index (χ1n) is 6.37. The second kappa shape index (κ2) is 5.69. The molecule has 19 heavy (non-hydrogen) atoms. The highest BCUT2D eigenvalue weighted by Crippen LogP contribution is 2.22. The molecule has 0 aliphatic heterocycles. The summed E-state index contributed by atoms with van der Waals surface area (Å²) >= 11 is 0. The van der Waals surface area contributed by atoms with Crippen molar-refractivity contribution in [1.82, 2.24) is 0 Å². The lowest BCUT2D eigenvalue weighted by atomic mass is 9.93. The number of aromatic carboxylic acids is 1. The fourth-order valence-corrected chi connectivity index (χ4v) is 2.20. The van der Waals surface area contributed by atoms with E-state index in [0.29, 0.717) is 5.69 Å². The highest BCUT2D eigenvalue weighted by Gasteiger charge is 2.19. The molecule has 0 fully saturated rings. The summed E-state index contributed by atoms with van der Waals surface area (Å²) in [5.41, 5.74) is 1.68. The highest BCUT2D eigenvalue weighted by molar-refractivity contribution is 5.94. The molecule has 2 rings (SSSR count). The van der Waals surface area contributed by atoms with Crippen LogP contribution in [-0.2, 0) is 4.79 Å². The number of hydrogen-bond donors (Lipinski definition) is 2. The SMILES string of the molecule is Cc1cc(C(=O)O)ccc1NC(=O)C1CC=CCC1. The van der Waals surface area contributed by atoms with Crippen molar-refractivity contribution in [3.63, 3.8) is 0 Å². The van der Waals surface area contributed by atoms with E-state index in [1.807, 2.05) is 6.08 Å². The number of carboxylic acid groups (broad SMARTS) is 1. The van der Waals surface area contributed by atoms with Gasteiger partial charge in [-0.2, -0.15) is 0 Å². The molecule has 4 heteroatoms. The van der Waals surface area contributed by atoms with Gasteiger partial charge in [-0.1, -0.05) is 12.2 Å². The summed E-state index contributed by atoms with van der Waals surface area (Å²) in [5.74, 6) is -0.933. The number of carbonyl (C=O) groups excluding carboxylic acids is 1. The van der Waals surface area contributed by atoms with E-state index < -0.39 is 5.97 Å². The van der Waals surface area contributed by atoms with Crippen LogP contribution in [-0.4, -0.2) is 17.0 Å². The Balaban J connectivity index is 2.08. The van der Waals surface area contributed by atoms with Crippen molar-refractivity contribution in [3.05, 3.63) is 41.5 Å². The highest BCUT2D eigenvalue weighted by atomic mass is 16.4. The quantitative estimate of drug-likeness (QED) is 0.820. The van der Waals surface area contributed by atoms with Gasteiger partial charge in [-0.05, 0) is 49.9 Å². The summed E-state index contributed by atoms with van der Waals surface area (Å²) in [6, 6.07) is 4.72. The fraction of sp³-hybridized carbons (Fsp3) is 0.333. The number of allylic oxidation sites excluding steroid dienone is 2. The number of amides is 1. The van der Waals surface area contributed by atoms with Crippen LogP contribution in [0.4, 0.5) is 5.69 Å². The molecule has 2 N–H and O–H groups in total. The Kier molecular flexibility index (Phi) is 4.00. The van der Waals surface area contributed by atoms with E-state index in [9.17, 15) is 9.59 Å². The molecule has 1 aromatic rings. The number of aryl methyl sites for hydroxylation is 1. The molecule has 1 aliphatic carbocycles. The minimum Gasteiger partial charge on any atom is -0.478 e. The standard InChI is InChI=1S/C15H17NO3/c1-10-9-12(15(18)19)7-8-13(10)16-14(17)11-5-3-2-4-6-11/h2-3,7-9,11H,4-6H2,1H3,(H,16,17)(H,18,19). The maximum absolute atomic E-state index is 12.1. The molecule has 0 aromatic heterocycles. The minimum absolute atomic E-state index is 0.00975. The predicted octanol–water partition coefficient (Wildman–Crippen LogP) is 2.99. The van der Waals surface area contributed by atoms with Crippen molar-refractivity contribution in [2.24, 2.45) is 5.92 Å². The van der Waals surface area contributed by atoms with Gasteiger partial charge < -0.3 is 10.4 Å². The summed E-state index contributed by atoms with van der Waals surface area (Å²) < 4.78 is 0. The molecule has 0 saturated heterocycles. The molecule has 1 aromatic carbocycles. The lowest BCUT2D eigenvalue weighted by molar-refractivity contribution is -0.120. The Morgan fingerprint density at radius 2 is 2.11 bits per heavy atom. The lowest BCUT2D eigenvalue weighted by Gasteiger charge is -2.18. The van der Waals surface area contributed by atoms with Crippen LogP contribution in [0.25, 0.3) is 0 Å². The van der Waals surface area contributed by atoms with Crippen molar-refractivity contribution >= 4 is 17.6 Å². The van der Waals surface area contributed by atoms with E-state index in [-0.39, 0.29) is 17.4 Å². The monoisotopic (exact) mass is 259 g/mol. The smallest absolute Gasteiger partial charge is 0.335 e. The molecule has 0 bridgehead atoms. The number of carboxylic acids is 1. The van der Waals surface area contributed by atoms with Crippen LogP contribution < -0.4 is 5.32 Å². The van der Waals surface area contributed by atoms with E-state index in [1.54, 1.807) is 19.1 Å². The van der Waals surface area contributed by atoms with Crippen LogP contribution in [0, 0.1) is 12.8 Å². The van der Waals surface area contributed by atoms with Crippen LogP contribution in [0.3, 0.4) is 0 Å². The molecule has 0 saturated carbocycles. The topological polar surface area (TPSA) is 66.4 Å². The first-order chi connectivity index (χ1) is 9.08. The number of carbonyl (C=O) groups is 2. The van der Waals surface area contributed by atoms with Crippen molar-refractivity contribution in [2.45, 2.75) is 26.2 Å². The Labute approximate surface area is 112 Å². The summed E-state index contributed by atoms with van der Waals surface area (Å²) in [4.78, 5) is 22.9. The zero-order valence-corrected chi connectivity index (χ0v) is 10.8. The Hall–Kier alpha value is -2.10. The van der Waals surface area contributed by atoms with Crippen molar-refractivity contribution in [2.75, 3.05) is 5.32 Å². The third-order valence-electron chi connectivity index (χ3n) is 3.37. The Bertz CT molecular complexity index is 534. The van der Waals surface area contributed by atoms with Gasteiger partial charge in [0, 0.05) is 11.6 Å². The normalized spacial score (nSPS) is 18.1. The fourth-order valence-electron chi connectivity index (χ4n) is 2.20. The van der Waals surface area contributed by atoms with Crippen molar-refractivity contribution in [3.8, 4) is 0 Å². The van der Waals surface area contributed by atoms with Gasteiger partial charge in [0.25, 0.3) is 0 Å². The third kappa shape index (κ3) is 3.22. The minimum atomic E-state index is -0.960. The molecule has 100 valence electrons. The van der Waals surface area contributed by atoms with Crippen LogP contribution in [0.1, 0.15) is 35.2 Å². The summed E-state index contributed by atoms with van der Waals surface area (Å²) in [7, 11) is 0. The molecule has 1 atom stereocenters. The Morgan fingerprint density at radius 1 is 1.32 bits per heavy atom. The molecule has 0 heterocycles. The molecule has 0 spiro atoms. The van der Waals surface area contributed by atoms with Gasteiger partial charge in [0.15, 0.2) is 0 Å². The third-order valence-corrected chi connectivity index (χ3v) is 3.37. The number of benzene rings is 1. The van der Waals surface area contributed by atoms with Gasteiger partial charge in [-0.15, -0.1) is 0 Å². The van der Waals surface area contributed by atoms with Crippen LogP contribution >= 0.6 is 0 Å². The first kappa shape index (κ1) is 13.3. The molecule has 4 nitrogen and oxygen atoms in total. The second-order valence-electron chi connectivity index (χ2n) is 4.81. The number of anilines is 1. The molecular formula is C15H17NO3. The summed E-state index contributed by atoms with van der Waals surface area (Å²) in [5, 5.41) is 11.8. The van der Waals surface area contributed by atoms with E-state index in [0.717, 1.165) is 24.8 Å². The van der Waals surface area contributed by atoms with Crippen LogP contribution in [0.15, 0.2) is 30.4 Å². The summed E-state index contributed by atoms with van der Waals surface area (Å²) in [6.07, 6.45) is 6.71. The molecular weight excluding hydrogens is 242 g/mol. The van der Waals surface area contributed by atoms with Crippen molar-refractivity contribution in [1.29, 1.82) is 0 Å². The number of nitrogens with one attached hydrogen (secondary N) is 1. The Morgan fingerprint density at radius 3 is 2.68 bits per heavy atom. The maximum Gasteiger partial charge on any atom is 0.335 e. The second-order valence-corrected chi connectivity index (χ2v) is 4.81. The van der Waals surface area contributed by atoms with Gasteiger partial charge in [0.05, 0.1) is 5.56 Å². The van der Waals surface area contributed by atoms with Gasteiger partial charge in [-0.25, -0.2) is 4.79 Å². The van der Waals surface area contributed by atoms with E-state index >= 15 is 0 Å². The molecule has 1 amide bonds. The van der Waals surface area contributed by atoms with Crippen LogP contribution in [0.5, 0.6) is 0 Å². The van der Waals surface area contributed by atoms with E-state index in [1.165, 1.54) is 6.07 Å². The zero-order valence-electron chi connectivity index (χ0n) is 10.8. The molecule has 0 radical (unpaired) electrons. The lowest BCUT2D eigenvalue weighted by Crippen LogP contribution is -2.23. The predicted molar refractivity (Wildman–Crippen MR) is 73.2 cm³/mol. The molecule has 1 aliphatic rings. The van der Waals surface area contributed by atoms with Gasteiger partial charge in [0.2, 0.25) is 5.91 Å². The van der Waals surface area contributed by atoms with Gasteiger partial charge in [-0.3, -0.25) is 4.79 Å². The largest absolute Gasteiger partial charge is 0.478 e. The average molecular weight is 259 g/mol. The van der Waals surface area contributed by atoms with E-state index in [4.69, 9.17) is 5.11 Å². The zero-order chi connectivity index (χ0) is 13.8. The maximum atomic E-state index is 12.1. The number of hydrogen-bond acceptors (Lipinski definition) is 2. The van der Waals surface area contributed by atoms with Crippen LogP contribution in [0.2, 0.25) is 0 Å². The van der Waals surface area contributed by atoms with Crippen molar-refractivity contribution < 1.29 is 14.7 Å². The average Bonchev–Trinajstić information content (AvgIpc) is 2.41. The summed E-state index contributed by atoms with van der Waals surface area (Å²) in [6.45, 7) is 1.79.